The monoisotopic (exact) mass is 786 g/mol. The molecule has 0 heterocycles. The fraction of sp³-hybridized carbons (Fsp3) is 0.400. The van der Waals surface area contributed by atoms with Gasteiger partial charge >= 0.3 is 0 Å². The van der Waals surface area contributed by atoms with Crippen molar-refractivity contribution in [1.82, 2.24) is 0 Å². The van der Waals surface area contributed by atoms with Gasteiger partial charge in [0.2, 0.25) is 0 Å². The van der Waals surface area contributed by atoms with E-state index in [0.717, 1.165) is 0 Å². The van der Waals surface area contributed by atoms with Crippen molar-refractivity contribution in [2.75, 3.05) is 0 Å². The van der Waals surface area contributed by atoms with Gasteiger partial charge in [-0.3, -0.25) is 0 Å². The fourth-order valence-electron chi connectivity index (χ4n) is 0. The van der Waals surface area contributed by atoms with Crippen LogP contribution in [0.1, 0.15) is 14.9 Å². The smallest absolute Gasteiger partial charge is 0 e. The topological polar surface area (TPSA) is 0 Å². The largest absolute Gasteiger partial charge is 0.697 e. The standard InChI is InChI=1S/C2H.2CH4.CH3.3U/c1-2;;;;;;/h1H;2*1H4;1H3;;;/q-1;;;-1;;;. The molecule has 0 rings (SSSR count). The summed E-state index contributed by atoms with van der Waals surface area (Å²) in [6.07, 6.45) is 9.00. The zero-order valence-electron chi connectivity index (χ0n) is 3.58. The van der Waals surface area contributed by atoms with Crippen LogP contribution in [0, 0.1) is 114 Å². The van der Waals surface area contributed by atoms with E-state index in [1.807, 2.05) is 0 Å². The molecule has 0 nitrogen and oxygen atoms in total. The van der Waals surface area contributed by atoms with Gasteiger partial charge in [0.25, 0.3) is 0 Å². The van der Waals surface area contributed by atoms with Crippen LogP contribution in [0.4, 0.5) is 0 Å². The minimum atomic E-state index is 0. The van der Waals surface area contributed by atoms with Gasteiger partial charge in [-0.15, -0.1) is 0 Å². The molecular formula is C5H12U3-2. The Bertz CT molecular complexity index is 12.4. The molecule has 0 saturated heterocycles. The van der Waals surface area contributed by atoms with Gasteiger partial charge in [-0.05, 0) is 0 Å². The van der Waals surface area contributed by atoms with Crippen LogP contribution < -0.4 is 0 Å². The molecule has 0 spiro atoms. The predicted molar refractivity (Wildman–Crippen MR) is 28.1 cm³/mol. The first-order valence-electron chi connectivity index (χ1n) is 0.289. The van der Waals surface area contributed by atoms with Crippen molar-refractivity contribution in [2.24, 2.45) is 0 Å². The first kappa shape index (κ1) is 73.3. The molecule has 0 aliphatic heterocycles. The van der Waals surface area contributed by atoms with Crippen LogP contribution in [0.3, 0.4) is 0 Å². The Morgan fingerprint density at radius 2 is 0.750 bits per heavy atom. The van der Waals surface area contributed by atoms with E-state index in [9.17, 15) is 0 Å². The number of terminal acetylenes is 1. The van der Waals surface area contributed by atoms with E-state index in [4.69, 9.17) is 6.42 Å². The predicted octanol–water partition coefficient (Wildman–Crippen LogP) is 1.93. The summed E-state index contributed by atoms with van der Waals surface area (Å²) >= 11 is 0. The van der Waals surface area contributed by atoms with E-state index in [-0.39, 0.29) is 116 Å². The van der Waals surface area contributed by atoms with E-state index in [1.54, 1.807) is 0 Å². The summed E-state index contributed by atoms with van der Waals surface area (Å²) < 4.78 is 0. The normalized spacial score (nSPS) is 0.250. The molecule has 0 aliphatic rings. The fourth-order valence-corrected chi connectivity index (χ4v) is 0. The molecular weight excluding hydrogens is 774 g/mol. The summed E-state index contributed by atoms with van der Waals surface area (Å²) in [6, 6.07) is 0. The molecule has 46 valence electrons. The maximum atomic E-state index is 5.25. The van der Waals surface area contributed by atoms with E-state index >= 15 is 0 Å². The molecule has 0 aromatic rings. The van der Waals surface area contributed by atoms with E-state index in [0.29, 0.717) is 0 Å². The SMILES string of the molecule is C.C.[C-]#C.[CH3-].[U].[U].[U]. The van der Waals surface area contributed by atoms with Gasteiger partial charge in [-0.2, -0.15) is 0 Å². The van der Waals surface area contributed by atoms with Crippen molar-refractivity contribution in [3.8, 4) is 6.42 Å². The third-order valence-corrected chi connectivity index (χ3v) is 0. The van der Waals surface area contributed by atoms with Crippen LogP contribution in [-0.4, -0.2) is 0 Å². The zero-order valence-corrected chi connectivity index (χ0v) is 16.1. The second-order valence-electron chi connectivity index (χ2n) is 0. The van der Waals surface area contributed by atoms with Gasteiger partial charge in [0.1, 0.15) is 0 Å². The summed E-state index contributed by atoms with van der Waals surface area (Å²) in [5, 5.41) is 0. The molecule has 0 aromatic heterocycles. The van der Waals surface area contributed by atoms with Crippen molar-refractivity contribution in [3.63, 3.8) is 0 Å². The van der Waals surface area contributed by atoms with Crippen LogP contribution in [0.5, 0.6) is 0 Å². The molecule has 0 aromatic carbocycles. The summed E-state index contributed by atoms with van der Waals surface area (Å²) in [6.45, 7) is 0. The second kappa shape index (κ2) is 100. The van der Waals surface area contributed by atoms with Crippen LogP contribution in [0.15, 0.2) is 0 Å². The molecule has 0 fully saturated rings. The third kappa shape index (κ3) is 70.4. The summed E-state index contributed by atoms with van der Waals surface area (Å²) in [4.78, 5) is 0. The summed E-state index contributed by atoms with van der Waals surface area (Å²) in [5.74, 6) is 0. The molecule has 0 bridgehead atoms. The van der Waals surface area contributed by atoms with Gasteiger partial charge in [0.05, 0.1) is 0 Å². The van der Waals surface area contributed by atoms with Crippen LogP contribution >= 0.6 is 0 Å². The molecule has 0 unspecified atom stereocenters. The average molecular weight is 786 g/mol. The van der Waals surface area contributed by atoms with Gasteiger partial charge in [-0.1, -0.05) is 14.9 Å². The number of hydrogen-bond acceptors (Lipinski definition) is 0. The molecule has 0 aliphatic carbocycles. The van der Waals surface area contributed by atoms with E-state index < -0.39 is 0 Å². The summed E-state index contributed by atoms with van der Waals surface area (Å²) in [7, 11) is 0. The third-order valence-electron chi connectivity index (χ3n) is 0. The average Bonchev–Trinajstić information content (AvgIpc) is 1.00. The Morgan fingerprint density at radius 3 is 0.750 bits per heavy atom. The van der Waals surface area contributed by atoms with Crippen molar-refractivity contribution in [1.29, 1.82) is 0 Å². The first-order valence-corrected chi connectivity index (χ1v) is 0.289. The minimum absolute atomic E-state index is 0. The Balaban J connectivity index is -0.000000000333. The van der Waals surface area contributed by atoms with Gasteiger partial charge < -0.3 is 20.3 Å². The Hall–Kier alpha value is 2.72. The number of hydrogen-bond donors (Lipinski definition) is 0. The number of rotatable bonds is 0. The molecule has 0 radical (unpaired) electrons. The van der Waals surface area contributed by atoms with Crippen molar-refractivity contribution in [3.05, 3.63) is 13.9 Å². The molecule has 0 N–H and O–H groups in total. The Kier molecular flexibility index (Phi) is 916. The summed E-state index contributed by atoms with van der Waals surface area (Å²) in [5.41, 5.74) is 0. The van der Waals surface area contributed by atoms with Crippen LogP contribution in [0.25, 0.3) is 0 Å². The van der Waals surface area contributed by atoms with E-state index in [2.05, 4.69) is 6.42 Å². The van der Waals surface area contributed by atoms with Gasteiger partial charge in [-0.25, -0.2) is 0 Å². The molecule has 8 heavy (non-hydrogen) atoms. The molecule has 0 saturated carbocycles. The Labute approximate surface area is 126 Å². The maximum Gasteiger partial charge on any atom is 0 e. The van der Waals surface area contributed by atoms with Crippen molar-refractivity contribution in [2.45, 2.75) is 14.9 Å². The van der Waals surface area contributed by atoms with E-state index in [1.165, 1.54) is 0 Å². The second-order valence-corrected chi connectivity index (χ2v) is 0. The molecule has 0 amide bonds. The molecule has 3 heteroatoms. The van der Waals surface area contributed by atoms with Crippen molar-refractivity contribution < 1.29 is 93.3 Å². The quantitative estimate of drug-likeness (QED) is 0.261. The van der Waals surface area contributed by atoms with Gasteiger partial charge in [0, 0.05) is 93.3 Å². The van der Waals surface area contributed by atoms with Crippen LogP contribution in [0.2, 0.25) is 0 Å². The maximum absolute atomic E-state index is 5.25. The van der Waals surface area contributed by atoms with Gasteiger partial charge in [0.15, 0.2) is 0 Å². The van der Waals surface area contributed by atoms with Crippen molar-refractivity contribution >= 4 is 0 Å². The first-order chi connectivity index (χ1) is 1.00. The minimum Gasteiger partial charge on any atom is -0.697 e. The van der Waals surface area contributed by atoms with Crippen LogP contribution in [-0.2, 0) is 0 Å². The zero-order chi connectivity index (χ0) is 2.00. The Morgan fingerprint density at radius 1 is 0.750 bits per heavy atom. The molecule has 0 atom stereocenters.